The van der Waals surface area contributed by atoms with Crippen molar-refractivity contribution in [3.63, 3.8) is 0 Å². The molecule has 1 saturated heterocycles. The second-order valence-corrected chi connectivity index (χ2v) is 5.72. The molecule has 1 fully saturated rings. The van der Waals surface area contributed by atoms with E-state index in [0.717, 1.165) is 13.0 Å². The van der Waals surface area contributed by atoms with Crippen LogP contribution in [0.15, 0.2) is 18.2 Å². The third-order valence-electron chi connectivity index (χ3n) is 3.66. The topological polar surface area (TPSA) is 78.9 Å². The molecule has 22 heavy (non-hydrogen) atoms. The number of carbonyl (C=O) groups is 2. The molecule has 1 unspecified atom stereocenters. The van der Waals surface area contributed by atoms with Gasteiger partial charge < -0.3 is 15.2 Å². The smallest absolute Gasteiger partial charge is 0.307 e. The van der Waals surface area contributed by atoms with E-state index in [0.29, 0.717) is 29.4 Å². The van der Waals surface area contributed by atoms with Crippen molar-refractivity contribution in [2.24, 2.45) is 5.92 Å². The molecular formula is C15H19ClN2O4. The van der Waals surface area contributed by atoms with Crippen LogP contribution in [0.2, 0.25) is 5.02 Å². The molecule has 0 bridgehead atoms. The summed E-state index contributed by atoms with van der Waals surface area (Å²) in [5, 5.41) is 12.2. The number of nitrogens with one attached hydrogen (secondary N) is 1. The number of anilines is 1. The van der Waals surface area contributed by atoms with E-state index in [2.05, 4.69) is 5.32 Å². The zero-order chi connectivity index (χ0) is 16.1. The lowest BCUT2D eigenvalue weighted by molar-refractivity contribution is -0.144. The number of benzene rings is 1. The minimum atomic E-state index is -0.799. The Morgan fingerprint density at radius 2 is 2.27 bits per heavy atom. The first-order valence-corrected chi connectivity index (χ1v) is 7.46. The van der Waals surface area contributed by atoms with Crippen molar-refractivity contribution in [3.8, 4) is 5.75 Å². The molecule has 0 radical (unpaired) electrons. The highest BCUT2D eigenvalue weighted by molar-refractivity contribution is 6.32. The van der Waals surface area contributed by atoms with E-state index in [1.807, 2.05) is 4.90 Å². The van der Waals surface area contributed by atoms with Gasteiger partial charge in [0.2, 0.25) is 5.91 Å². The first-order valence-electron chi connectivity index (χ1n) is 7.08. The molecule has 1 atom stereocenters. The van der Waals surface area contributed by atoms with Gasteiger partial charge in [-0.1, -0.05) is 11.6 Å². The van der Waals surface area contributed by atoms with Gasteiger partial charge in [-0.05, 0) is 37.6 Å². The molecule has 1 heterocycles. The van der Waals surface area contributed by atoms with Crippen LogP contribution in [0.1, 0.15) is 12.8 Å². The van der Waals surface area contributed by atoms with Crippen LogP contribution in [0.5, 0.6) is 5.75 Å². The van der Waals surface area contributed by atoms with Crippen LogP contribution in [0.3, 0.4) is 0 Å². The quantitative estimate of drug-likeness (QED) is 0.866. The Balaban J connectivity index is 1.90. The molecule has 2 N–H and O–H groups in total. The van der Waals surface area contributed by atoms with Crippen molar-refractivity contribution < 1.29 is 19.4 Å². The van der Waals surface area contributed by atoms with E-state index in [1.165, 1.54) is 7.11 Å². The number of aliphatic carboxylic acids is 1. The number of amides is 1. The molecule has 1 aliphatic rings. The molecular weight excluding hydrogens is 308 g/mol. The van der Waals surface area contributed by atoms with Gasteiger partial charge in [-0.25, -0.2) is 0 Å². The summed E-state index contributed by atoms with van der Waals surface area (Å²) in [7, 11) is 1.52. The van der Waals surface area contributed by atoms with Crippen LogP contribution in [0.25, 0.3) is 0 Å². The summed E-state index contributed by atoms with van der Waals surface area (Å²) in [4.78, 5) is 24.9. The number of carboxylic acid groups (broad SMARTS) is 1. The highest BCUT2D eigenvalue weighted by atomic mass is 35.5. The maximum absolute atomic E-state index is 12.0. The molecule has 7 heteroatoms. The Labute approximate surface area is 134 Å². The summed E-state index contributed by atoms with van der Waals surface area (Å²) in [6, 6.07) is 5.01. The second-order valence-electron chi connectivity index (χ2n) is 5.31. The Kier molecular flexibility index (Phi) is 5.63. The standard InChI is InChI=1S/C15H19ClN2O4/c1-22-13-5-4-11(7-12(13)16)17-14(19)9-18-6-2-3-10(8-18)15(20)21/h4-5,7,10H,2-3,6,8-9H2,1H3,(H,17,19)(H,20,21). The Hall–Kier alpha value is -1.79. The van der Waals surface area contributed by atoms with Gasteiger partial charge >= 0.3 is 5.97 Å². The maximum atomic E-state index is 12.0. The van der Waals surface area contributed by atoms with E-state index < -0.39 is 11.9 Å². The summed E-state index contributed by atoms with van der Waals surface area (Å²) in [5.74, 6) is -0.837. The van der Waals surface area contributed by atoms with E-state index in [4.69, 9.17) is 21.4 Å². The zero-order valence-corrected chi connectivity index (χ0v) is 13.1. The van der Waals surface area contributed by atoms with Gasteiger partial charge in [-0.3, -0.25) is 14.5 Å². The minimum Gasteiger partial charge on any atom is -0.495 e. The molecule has 0 aromatic heterocycles. The molecule has 1 aromatic rings. The fourth-order valence-corrected chi connectivity index (χ4v) is 2.81. The van der Waals surface area contributed by atoms with Crippen molar-refractivity contribution in [1.82, 2.24) is 4.90 Å². The van der Waals surface area contributed by atoms with E-state index in [1.54, 1.807) is 18.2 Å². The lowest BCUT2D eigenvalue weighted by Gasteiger charge is -2.29. The molecule has 1 amide bonds. The Morgan fingerprint density at radius 1 is 1.50 bits per heavy atom. The fraction of sp³-hybridized carbons (Fsp3) is 0.467. The zero-order valence-electron chi connectivity index (χ0n) is 12.3. The average Bonchev–Trinajstić information content (AvgIpc) is 2.47. The summed E-state index contributed by atoms with van der Waals surface area (Å²) in [5.41, 5.74) is 0.586. The summed E-state index contributed by atoms with van der Waals surface area (Å²) in [6.07, 6.45) is 1.46. The van der Waals surface area contributed by atoms with E-state index >= 15 is 0 Å². The normalized spacial score (nSPS) is 18.7. The van der Waals surface area contributed by atoms with E-state index in [-0.39, 0.29) is 12.5 Å². The van der Waals surface area contributed by atoms with Gasteiger partial charge in [0.1, 0.15) is 5.75 Å². The average molecular weight is 327 g/mol. The van der Waals surface area contributed by atoms with Crippen molar-refractivity contribution in [1.29, 1.82) is 0 Å². The second kappa shape index (κ2) is 7.47. The van der Waals surface area contributed by atoms with Crippen molar-refractivity contribution in [2.45, 2.75) is 12.8 Å². The number of hydrogen-bond donors (Lipinski definition) is 2. The minimum absolute atomic E-state index is 0.174. The summed E-state index contributed by atoms with van der Waals surface area (Å²) in [6.45, 7) is 1.32. The predicted molar refractivity (Wildman–Crippen MR) is 83.4 cm³/mol. The fourth-order valence-electron chi connectivity index (χ4n) is 2.55. The number of nitrogens with zero attached hydrogens (tertiary/aromatic N) is 1. The van der Waals surface area contributed by atoms with Crippen LogP contribution < -0.4 is 10.1 Å². The maximum Gasteiger partial charge on any atom is 0.307 e. The predicted octanol–water partition coefficient (Wildman–Crippen LogP) is 2.08. The van der Waals surface area contributed by atoms with Crippen LogP contribution >= 0.6 is 11.6 Å². The molecule has 6 nitrogen and oxygen atoms in total. The van der Waals surface area contributed by atoms with Gasteiger partial charge in [0.25, 0.3) is 0 Å². The number of halogens is 1. The third kappa shape index (κ3) is 4.35. The molecule has 0 aliphatic carbocycles. The molecule has 2 rings (SSSR count). The van der Waals surface area contributed by atoms with Crippen LogP contribution in [0, 0.1) is 5.92 Å². The number of carboxylic acids is 1. The lowest BCUT2D eigenvalue weighted by Crippen LogP contribution is -2.42. The van der Waals surface area contributed by atoms with Crippen molar-refractivity contribution in [3.05, 3.63) is 23.2 Å². The first-order chi connectivity index (χ1) is 10.5. The van der Waals surface area contributed by atoms with E-state index in [9.17, 15) is 9.59 Å². The molecule has 0 saturated carbocycles. The first kappa shape index (κ1) is 16.6. The highest BCUT2D eigenvalue weighted by Gasteiger charge is 2.26. The van der Waals surface area contributed by atoms with Crippen molar-refractivity contribution >= 4 is 29.2 Å². The van der Waals surface area contributed by atoms with Crippen LogP contribution in [-0.2, 0) is 9.59 Å². The van der Waals surface area contributed by atoms with Crippen LogP contribution in [-0.4, -0.2) is 48.6 Å². The Morgan fingerprint density at radius 3 is 2.91 bits per heavy atom. The summed E-state index contributed by atoms with van der Waals surface area (Å²) >= 11 is 6.01. The van der Waals surface area contributed by atoms with Crippen LogP contribution in [0.4, 0.5) is 5.69 Å². The van der Waals surface area contributed by atoms with Gasteiger partial charge in [-0.15, -0.1) is 0 Å². The molecule has 1 aromatic carbocycles. The van der Waals surface area contributed by atoms with Gasteiger partial charge in [0, 0.05) is 12.2 Å². The molecule has 120 valence electrons. The number of ether oxygens (including phenoxy) is 1. The lowest BCUT2D eigenvalue weighted by atomic mass is 9.98. The Bertz CT molecular complexity index is 564. The van der Waals surface area contributed by atoms with Gasteiger partial charge in [-0.2, -0.15) is 0 Å². The number of piperidine rings is 1. The SMILES string of the molecule is COc1ccc(NC(=O)CN2CCCC(C(=O)O)C2)cc1Cl. The number of carbonyl (C=O) groups excluding carboxylic acids is 1. The van der Waals surface area contributed by atoms with Gasteiger partial charge in [0.15, 0.2) is 0 Å². The third-order valence-corrected chi connectivity index (χ3v) is 3.95. The number of hydrogen-bond acceptors (Lipinski definition) is 4. The molecule has 0 spiro atoms. The monoisotopic (exact) mass is 326 g/mol. The van der Waals surface area contributed by atoms with Crippen molar-refractivity contribution in [2.75, 3.05) is 32.1 Å². The largest absolute Gasteiger partial charge is 0.495 e. The number of likely N-dealkylation sites (tertiary alicyclic amines) is 1. The highest BCUT2D eigenvalue weighted by Crippen LogP contribution is 2.27. The summed E-state index contributed by atoms with van der Waals surface area (Å²) < 4.78 is 5.05. The number of rotatable bonds is 5. The number of methoxy groups -OCH3 is 1. The van der Waals surface area contributed by atoms with Gasteiger partial charge in [0.05, 0.1) is 24.6 Å². The molecule has 1 aliphatic heterocycles.